The molecule has 18 heavy (non-hydrogen) atoms. The Labute approximate surface area is 112 Å². The van der Waals surface area contributed by atoms with E-state index >= 15 is 0 Å². The summed E-state index contributed by atoms with van der Waals surface area (Å²) in [6, 6.07) is 9.82. The number of hydrogen-bond acceptors (Lipinski definition) is 1. The summed E-state index contributed by atoms with van der Waals surface area (Å²) in [4.78, 5) is 0. The number of aryl methyl sites for hydroxylation is 1. The lowest BCUT2D eigenvalue weighted by atomic mass is 9.86. The van der Waals surface area contributed by atoms with E-state index in [1.807, 2.05) is 0 Å². The second-order valence-electron chi connectivity index (χ2n) is 5.84. The molecular weight excluding hydrogens is 218 g/mol. The standard InChI is InChI=1S/C17H27N/c1-4-14-8-10-15(11-9-14)12-17(18-3)16-7-5-6-13(16)2/h8-11,13,16-18H,4-7,12H2,1-3H3. The van der Waals surface area contributed by atoms with Gasteiger partial charge in [-0.1, -0.05) is 51.0 Å². The topological polar surface area (TPSA) is 12.0 Å². The highest BCUT2D eigenvalue weighted by Gasteiger charge is 2.29. The van der Waals surface area contributed by atoms with Crippen LogP contribution in [0.4, 0.5) is 0 Å². The van der Waals surface area contributed by atoms with Gasteiger partial charge < -0.3 is 5.32 Å². The maximum Gasteiger partial charge on any atom is 0.0135 e. The van der Waals surface area contributed by atoms with E-state index in [0.717, 1.165) is 18.3 Å². The van der Waals surface area contributed by atoms with E-state index in [-0.39, 0.29) is 0 Å². The maximum absolute atomic E-state index is 3.55. The first-order chi connectivity index (χ1) is 8.74. The first-order valence-electron chi connectivity index (χ1n) is 7.49. The van der Waals surface area contributed by atoms with Gasteiger partial charge in [-0.3, -0.25) is 0 Å². The van der Waals surface area contributed by atoms with Gasteiger partial charge in [-0.25, -0.2) is 0 Å². The van der Waals surface area contributed by atoms with Crippen molar-refractivity contribution in [2.75, 3.05) is 7.05 Å². The minimum atomic E-state index is 0.648. The summed E-state index contributed by atoms with van der Waals surface area (Å²) in [7, 11) is 2.12. The monoisotopic (exact) mass is 245 g/mol. The van der Waals surface area contributed by atoms with Crippen LogP contribution >= 0.6 is 0 Å². The van der Waals surface area contributed by atoms with Gasteiger partial charge in [0.1, 0.15) is 0 Å². The molecule has 3 atom stereocenters. The minimum Gasteiger partial charge on any atom is -0.316 e. The fourth-order valence-corrected chi connectivity index (χ4v) is 3.40. The molecule has 100 valence electrons. The summed E-state index contributed by atoms with van der Waals surface area (Å²) in [5, 5.41) is 3.55. The van der Waals surface area contributed by atoms with Crippen LogP contribution in [-0.4, -0.2) is 13.1 Å². The summed E-state index contributed by atoms with van der Waals surface area (Å²) < 4.78 is 0. The Morgan fingerprint density at radius 3 is 2.33 bits per heavy atom. The second-order valence-corrected chi connectivity index (χ2v) is 5.84. The van der Waals surface area contributed by atoms with Crippen LogP contribution in [0.2, 0.25) is 0 Å². The third-order valence-corrected chi connectivity index (χ3v) is 4.70. The van der Waals surface area contributed by atoms with Crippen LogP contribution in [0.1, 0.15) is 44.2 Å². The van der Waals surface area contributed by atoms with Gasteiger partial charge in [-0.05, 0) is 49.3 Å². The molecule has 1 saturated carbocycles. The Kier molecular flexibility index (Phi) is 4.82. The Morgan fingerprint density at radius 2 is 1.83 bits per heavy atom. The maximum atomic E-state index is 3.55. The number of likely N-dealkylation sites (N-methyl/N-ethyl adjacent to an activating group) is 1. The molecule has 1 nitrogen and oxygen atoms in total. The highest BCUT2D eigenvalue weighted by atomic mass is 14.9. The number of nitrogens with one attached hydrogen (secondary N) is 1. The summed E-state index contributed by atoms with van der Waals surface area (Å²) in [6.45, 7) is 4.63. The first kappa shape index (κ1) is 13.6. The molecule has 0 aromatic heterocycles. The third kappa shape index (κ3) is 3.14. The zero-order valence-electron chi connectivity index (χ0n) is 12.1. The van der Waals surface area contributed by atoms with E-state index in [0.29, 0.717) is 6.04 Å². The van der Waals surface area contributed by atoms with Gasteiger partial charge in [0.05, 0.1) is 0 Å². The molecule has 1 fully saturated rings. The zero-order valence-corrected chi connectivity index (χ0v) is 12.1. The Bertz CT molecular complexity index is 354. The average Bonchev–Trinajstić information content (AvgIpc) is 2.83. The van der Waals surface area contributed by atoms with E-state index in [2.05, 4.69) is 50.5 Å². The van der Waals surface area contributed by atoms with Crippen LogP contribution in [0.15, 0.2) is 24.3 Å². The van der Waals surface area contributed by atoms with Gasteiger partial charge in [0.25, 0.3) is 0 Å². The summed E-state index contributed by atoms with van der Waals surface area (Å²) in [6.07, 6.45) is 6.54. The van der Waals surface area contributed by atoms with Crippen LogP contribution in [0.5, 0.6) is 0 Å². The number of hydrogen-bond donors (Lipinski definition) is 1. The molecule has 2 rings (SSSR count). The molecule has 1 N–H and O–H groups in total. The predicted molar refractivity (Wildman–Crippen MR) is 78.9 cm³/mol. The molecule has 0 saturated heterocycles. The van der Waals surface area contributed by atoms with Crippen LogP contribution in [-0.2, 0) is 12.8 Å². The van der Waals surface area contributed by atoms with Crippen LogP contribution in [0.25, 0.3) is 0 Å². The Balaban J connectivity index is 2.00. The van der Waals surface area contributed by atoms with Gasteiger partial charge in [-0.15, -0.1) is 0 Å². The summed E-state index contributed by atoms with van der Waals surface area (Å²) in [5.74, 6) is 1.75. The third-order valence-electron chi connectivity index (χ3n) is 4.70. The predicted octanol–water partition coefficient (Wildman–Crippen LogP) is 3.82. The van der Waals surface area contributed by atoms with Crippen LogP contribution in [0, 0.1) is 11.8 Å². The van der Waals surface area contributed by atoms with Gasteiger partial charge in [0.15, 0.2) is 0 Å². The normalized spacial score (nSPS) is 25.3. The molecule has 1 heteroatoms. The Hall–Kier alpha value is -0.820. The molecule has 1 aromatic rings. The molecule has 3 unspecified atom stereocenters. The van der Waals surface area contributed by atoms with E-state index in [1.54, 1.807) is 0 Å². The molecule has 0 radical (unpaired) electrons. The zero-order chi connectivity index (χ0) is 13.0. The van der Waals surface area contributed by atoms with Crippen molar-refractivity contribution < 1.29 is 0 Å². The van der Waals surface area contributed by atoms with E-state index in [1.165, 1.54) is 36.8 Å². The van der Waals surface area contributed by atoms with Crippen molar-refractivity contribution in [3.8, 4) is 0 Å². The molecule has 1 aliphatic carbocycles. The molecule has 1 aromatic carbocycles. The molecule has 0 heterocycles. The highest BCUT2D eigenvalue weighted by Crippen LogP contribution is 2.34. The quantitative estimate of drug-likeness (QED) is 0.831. The molecule has 0 spiro atoms. The van der Waals surface area contributed by atoms with Crippen molar-refractivity contribution >= 4 is 0 Å². The lowest BCUT2D eigenvalue weighted by Crippen LogP contribution is -2.36. The van der Waals surface area contributed by atoms with Crippen molar-refractivity contribution in [1.29, 1.82) is 0 Å². The van der Waals surface area contributed by atoms with Crippen molar-refractivity contribution in [1.82, 2.24) is 5.32 Å². The van der Waals surface area contributed by atoms with Crippen molar-refractivity contribution in [3.05, 3.63) is 35.4 Å². The van der Waals surface area contributed by atoms with Crippen molar-refractivity contribution in [2.24, 2.45) is 11.8 Å². The van der Waals surface area contributed by atoms with Gasteiger partial charge in [0, 0.05) is 6.04 Å². The minimum absolute atomic E-state index is 0.648. The summed E-state index contributed by atoms with van der Waals surface area (Å²) >= 11 is 0. The van der Waals surface area contributed by atoms with Gasteiger partial charge >= 0.3 is 0 Å². The van der Waals surface area contributed by atoms with E-state index < -0.39 is 0 Å². The van der Waals surface area contributed by atoms with Crippen LogP contribution < -0.4 is 5.32 Å². The lowest BCUT2D eigenvalue weighted by Gasteiger charge is -2.26. The molecule has 0 amide bonds. The van der Waals surface area contributed by atoms with Crippen LogP contribution in [0.3, 0.4) is 0 Å². The molecule has 1 aliphatic rings. The fraction of sp³-hybridized carbons (Fsp3) is 0.647. The molecule has 0 aliphatic heterocycles. The lowest BCUT2D eigenvalue weighted by molar-refractivity contribution is 0.308. The number of benzene rings is 1. The average molecular weight is 245 g/mol. The smallest absolute Gasteiger partial charge is 0.0135 e. The molecule has 0 bridgehead atoms. The fourth-order valence-electron chi connectivity index (χ4n) is 3.40. The Morgan fingerprint density at radius 1 is 1.17 bits per heavy atom. The summed E-state index contributed by atoms with van der Waals surface area (Å²) in [5.41, 5.74) is 2.92. The molecular formula is C17H27N. The number of rotatable bonds is 5. The first-order valence-corrected chi connectivity index (χ1v) is 7.49. The van der Waals surface area contributed by atoms with Crippen molar-refractivity contribution in [3.63, 3.8) is 0 Å². The van der Waals surface area contributed by atoms with E-state index in [4.69, 9.17) is 0 Å². The van der Waals surface area contributed by atoms with Gasteiger partial charge in [-0.2, -0.15) is 0 Å². The van der Waals surface area contributed by atoms with Crippen molar-refractivity contribution in [2.45, 2.75) is 52.0 Å². The van der Waals surface area contributed by atoms with E-state index in [9.17, 15) is 0 Å². The second kappa shape index (κ2) is 6.38. The largest absolute Gasteiger partial charge is 0.316 e. The highest BCUT2D eigenvalue weighted by molar-refractivity contribution is 5.23. The van der Waals surface area contributed by atoms with Gasteiger partial charge in [0.2, 0.25) is 0 Å². The SMILES string of the molecule is CCc1ccc(CC(NC)C2CCCC2C)cc1.